The van der Waals surface area contributed by atoms with Crippen LogP contribution in [0, 0.1) is 6.92 Å². The van der Waals surface area contributed by atoms with E-state index in [-0.39, 0.29) is 5.76 Å². The number of rotatable bonds is 3. The number of piperidine rings is 1. The Hall–Kier alpha value is -2.31. The molecule has 0 radical (unpaired) electrons. The summed E-state index contributed by atoms with van der Waals surface area (Å²) in [6.45, 7) is 7.56. The molecule has 0 aromatic carbocycles. The van der Waals surface area contributed by atoms with Crippen molar-refractivity contribution in [1.82, 2.24) is 9.97 Å². The second-order valence-corrected chi connectivity index (χ2v) is 5.72. The smallest absolute Gasteiger partial charge is 0.376 e. The lowest BCUT2D eigenvalue weighted by atomic mass is 10.1. The second kappa shape index (κ2) is 6.44. The lowest BCUT2D eigenvalue weighted by molar-refractivity contribution is -0.141. The van der Waals surface area contributed by atoms with Gasteiger partial charge in [-0.3, -0.25) is 0 Å². The summed E-state index contributed by atoms with van der Waals surface area (Å²) < 4.78 is 10.9. The van der Waals surface area contributed by atoms with Crippen LogP contribution in [0.4, 0.5) is 11.6 Å². The zero-order valence-corrected chi connectivity index (χ0v) is 13.8. The number of hydrogen-bond acceptors (Lipinski definition) is 7. The molecule has 2 aliphatic heterocycles. The highest BCUT2D eigenvalue weighted by Crippen LogP contribution is 2.39. The van der Waals surface area contributed by atoms with Gasteiger partial charge in [-0.1, -0.05) is 0 Å². The number of aromatic nitrogens is 2. The second-order valence-electron chi connectivity index (χ2n) is 5.72. The number of nitrogens with one attached hydrogen (secondary N) is 1. The molecule has 0 spiro atoms. The molecule has 0 bridgehead atoms. The van der Waals surface area contributed by atoms with E-state index in [1.807, 2.05) is 6.92 Å². The monoisotopic (exact) mass is 318 g/mol. The number of allylic oxidation sites excluding steroid dienone is 1. The summed E-state index contributed by atoms with van der Waals surface area (Å²) >= 11 is 0. The molecule has 2 aliphatic rings. The summed E-state index contributed by atoms with van der Waals surface area (Å²) in [5.41, 5.74) is 0.596. The standard InChI is InChI=1S/C16H22N4O3/c1-4-22-16(21)12-10(2)17-14-13(23-12)15(19-11(3)18-14)20-8-6-5-7-9-20/h4-9H2,1-3H3,(H,17,18,19). The summed E-state index contributed by atoms with van der Waals surface area (Å²) in [5, 5.41) is 3.15. The molecular weight excluding hydrogens is 296 g/mol. The van der Waals surface area contributed by atoms with Gasteiger partial charge in [-0.05, 0) is 40.0 Å². The molecule has 3 heterocycles. The fraction of sp³-hybridized carbons (Fsp3) is 0.562. The molecular formula is C16H22N4O3. The molecule has 1 aromatic heterocycles. The first-order chi connectivity index (χ1) is 11.1. The summed E-state index contributed by atoms with van der Waals surface area (Å²) in [6, 6.07) is 0. The number of fused-ring (bicyclic) bond motifs is 1. The van der Waals surface area contributed by atoms with E-state index in [0.29, 0.717) is 29.7 Å². The molecule has 7 heteroatoms. The number of anilines is 2. The maximum atomic E-state index is 12.1. The van der Waals surface area contributed by atoms with Gasteiger partial charge in [0.25, 0.3) is 0 Å². The average molecular weight is 318 g/mol. The summed E-state index contributed by atoms with van der Waals surface area (Å²) in [4.78, 5) is 23.2. The van der Waals surface area contributed by atoms with Gasteiger partial charge < -0.3 is 19.7 Å². The van der Waals surface area contributed by atoms with Gasteiger partial charge in [0.1, 0.15) is 5.82 Å². The number of carbonyl (C=O) groups excluding carboxylic acids is 1. The Kier molecular flexibility index (Phi) is 4.36. The molecule has 0 saturated carbocycles. The number of esters is 1. The highest BCUT2D eigenvalue weighted by Gasteiger charge is 2.30. The van der Waals surface area contributed by atoms with Crippen LogP contribution >= 0.6 is 0 Å². The summed E-state index contributed by atoms with van der Waals surface area (Å²) in [6.07, 6.45) is 3.49. The maximum Gasteiger partial charge on any atom is 0.376 e. The Bertz CT molecular complexity index is 651. The van der Waals surface area contributed by atoms with E-state index >= 15 is 0 Å². The van der Waals surface area contributed by atoms with Crippen LogP contribution in [0.2, 0.25) is 0 Å². The third kappa shape index (κ3) is 3.09. The fourth-order valence-corrected chi connectivity index (χ4v) is 2.85. The third-order valence-corrected chi connectivity index (χ3v) is 3.93. The number of aryl methyl sites for hydroxylation is 1. The molecule has 0 atom stereocenters. The highest BCUT2D eigenvalue weighted by atomic mass is 16.6. The van der Waals surface area contributed by atoms with Crippen LogP contribution in [0.3, 0.4) is 0 Å². The lowest BCUT2D eigenvalue weighted by Gasteiger charge is -2.31. The minimum atomic E-state index is -0.478. The molecule has 0 amide bonds. The lowest BCUT2D eigenvalue weighted by Crippen LogP contribution is -2.32. The van der Waals surface area contributed by atoms with E-state index in [9.17, 15) is 4.79 Å². The van der Waals surface area contributed by atoms with Crippen LogP contribution in [0.5, 0.6) is 5.75 Å². The molecule has 1 N–H and O–H groups in total. The van der Waals surface area contributed by atoms with Crippen LogP contribution in [0.1, 0.15) is 38.9 Å². The molecule has 7 nitrogen and oxygen atoms in total. The normalized spacial score (nSPS) is 17.3. The van der Waals surface area contributed by atoms with Crippen molar-refractivity contribution >= 4 is 17.6 Å². The minimum absolute atomic E-state index is 0.171. The number of nitrogens with zero attached hydrogens (tertiary/aromatic N) is 3. The van der Waals surface area contributed by atoms with Gasteiger partial charge >= 0.3 is 5.97 Å². The molecule has 1 fully saturated rings. The van der Waals surface area contributed by atoms with Gasteiger partial charge in [-0.25, -0.2) is 14.8 Å². The van der Waals surface area contributed by atoms with Crippen LogP contribution in [-0.4, -0.2) is 35.6 Å². The number of carbonyl (C=O) groups is 1. The SMILES string of the molecule is CCOC(=O)C1=C(C)Nc2nc(C)nc(N3CCCCC3)c2O1. The Morgan fingerprint density at radius 2 is 2.00 bits per heavy atom. The predicted octanol–water partition coefficient (Wildman–Crippen LogP) is 2.37. The predicted molar refractivity (Wildman–Crippen MR) is 86.4 cm³/mol. The Balaban J connectivity index is 1.97. The van der Waals surface area contributed by atoms with Crippen LogP contribution in [-0.2, 0) is 9.53 Å². The van der Waals surface area contributed by atoms with E-state index in [1.54, 1.807) is 13.8 Å². The van der Waals surface area contributed by atoms with Crippen LogP contribution < -0.4 is 15.0 Å². The molecule has 23 heavy (non-hydrogen) atoms. The van der Waals surface area contributed by atoms with Crippen molar-refractivity contribution in [3.05, 3.63) is 17.3 Å². The molecule has 0 unspecified atom stereocenters. The number of ether oxygens (including phenoxy) is 2. The molecule has 3 rings (SSSR count). The minimum Gasteiger partial charge on any atom is -0.460 e. The van der Waals surface area contributed by atoms with Gasteiger partial charge in [0.05, 0.1) is 12.3 Å². The van der Waals surface area contributed by atoms with E-state index in [2.05, 4.69) is 20.2 Å². The molecule has 0 aliphatic carbocycles. The zero-order valence-electron chi connectivity index (χ0n) is 13.8. The van der Waals surface area contributed by atoms with Crippen LogP contribution in [0.15, 0.2) is 11.5 Å². The maximum absolute atomic E-state index is 12.1. The van der Waals surface area contributed by atoms with Gasteiger partial charge in [0.2, 0.25) is 11.5 Å². The van der Waals surface area contributed by atoms with E-state index in [0.717, 1.165) is 31.7 Å². The Morgan fingerprint density at radius 1 is 1.26 bits per heavy atom. The van der Waals surface area contributed by atoms with E-state index in [1.165, 1.54) is 6.42 Å². The zero-order chi connectivity index (χ0) is 16.4. The molecule has 124 valence electrons. The Labute approximate surface area is 135 Å². The van der Waals surface area contributed by atoms with Crippen molar-refractivity contribution in [2.24, 2.45) is 0 Å². The van der Waals surface area contributed by atoms with Gasteiger partial charge in [-0.15, -0.1) is 0 Å². The fourth-order valence-electron chi connectivity index (χ4n) is 2.85. The van der Waals surface area contributed by atoms with Gasteiger partial charge in [-0.2, -0.15) is 0 Å². The third-order valence-electron chi connectivity index (χ3n) is 3.93. The van der Waals surface area contributed by atoms with Crippen molar-refractivity contribution in [2.45, 2.75) is 40.0 Å². The van der Waals surface area contributed by atoms with Crippen LogP contribution in [0.25, 0.3) is 0 Å². The van der Waals surface area contributed by atoms with Crippen molar-refractivity contribution in [2.75, 3.05) is 29.9 Å². The largest absolute Gasteiger partial charge is 0.460 e. The highest BCUT2D eigenvalue weighted by molar-refractivity contribution is 5.90. The van der Waals surface area contributed by atoms with E-state index in [4.69, 9.17) is 9.47 Å². The van der Waals surface area contributed by atoms with Crippen molar-refractivity contribution in [3.63, 3.8) is 0 Å². The summed E-state index contributed by atoms with van der Waals surface area (Å²) in [7, 11) is 0. The topological polar surface area (TPSA) is 76.6 Å². The summed E-state index contributed by atoms with van der Waals surface area (Å²) in [5.74, 6) is 2.22. The van der Waals surface area contributed by atoms with Crippen molar-refractivity contribution < 1.29 is 14.3 Å². The van der Waals surface area contributed by atoms with Crippen molar-refractivity contribution in [3.8, 4) is 5.75 Å². The quantitative estimate of drug-likeness (QED) is 0.857. The first-order valence-electron chi connectivity index (χ1n) is 8.06. The molecule has 1 saturated heterocycles. The average Bonchev–Trinajstić information content (AvgIpc) is 2.54. The number of hydrogen-bond donors (Lipinski definition) is 1. The van der Waals surface area contributed by atoms with Gasteiger partial charge in [0, 0.05) is 13.1 Å². The first-order valence-corrected chi connectivity index (χ1v) is 8.06. The van der Waals surface area contributed by atoms with Crippen molar-refractivity contribution in [1.29, 1.82) is 0 Å². The Morgan fingerprint density at radius 3 is 2.70 bits per heavy atom. The van der Waals surface area contributed by atoms with E-state index < -0.39 is 5.97 Å². The first kappa shape index (κ1) is 15.6. The van der Waals surface area contributed by atoms with Gasteiger partial charge in [0.15, 0.2) is 11.6 Å². The molecule has 1 aromatic rings.